The summed E-state index contributed by atoms with van der Waals surface area (Å²) in [6.07, 6.45) is -13.4. The molecule has 2 heterocycles. The van der Waals surface area contributed by atoms with E-state index in [0.717, 1.165) is 0 Å². The first-order valence-corrected chi connectivity index (χ1v) is 13.8. The first-order chi connectivity index (χ1) is 18.9. The Morgan fingerprint density at radius 2 is 1.60 bits per heavy atom. The number of Topliss-reactive ketones (excluding diaryl/α,β-unsaturated/α-hetero) is 1. The van der Waals surface area contributed by atoms with Gasteiger partial charge in [0.05, 0.1) is 37.0 Å². The highest BCUT2D eigenvalue weighted by Gasteiger charge is 2.51. The van der Waals surface area contributed by atoms with E-state index in [2.05, 4.69) is 5.32 Å². The van der Waals surface area contributed by atoms with Gasteiger partial charge in [-0.3, -0.25) is 4.79 Å². The Morgan fingerprint density at radius 3 is 2.23 bits per heavy atom. The van der Waals surface area contributed by atoms with Crippen LogP contribution in [0.2, 0.25) is 0 Å². The van der Waals surface area contributed by atoms with Crippen molar-refractivity contribution in [2.45, 2.75) is 112 Å². The Kier molecular flexibility index (Phi) is 12.6. The molecule has 2 aliphatic heterocycles. The fourth-order valence-corrected chi connectivity index (χ4v) is 5.48. The molecule has 40 heavy (non-hydrogen) atoms. The van der Waals surface area contributed by atoms with Gasteiger partial charge in [-0.25, -0.2) is 0 Å². The van der Waals surface area contributed by atoms with E-state index in [-0.39, 0.29) is 25.8 Å². The lowest BCUT2D eigenvalue weighted by molar-refractivity contribution is -0.320. The van der Waals surface area contributed by atoms with Crippen LogP contribution in [0.3, 0.4) is 0 Å². The molecule has 3 aliphatic rings. The van der Waals surface area contributed by atoms with Crippen molar-refractivity contribution in [3.05, 3.63) is 0 Å². The number of ketones is 1. The van der Waals surface area contributed by atoms with Crippen LogP contribution in [0.1, 0.15) is 26.2 Å². The highest BCUT2D eigenvalue weighted by molar-refractivity contribution is 5.83. The van der Waals surface area contributed by atoms with Gasteiger partial charge in [0.2, 0.25) is 0 Å². The molecule has 16 nitrogen and oxygen atoms in total. The number of hydrogen-bond acceptors (Lipinski definition) is 16. The third-order valence-corrected chi connectivity index (χ3v) is 7.91. The molecule has 0 radical (unpaired) electrons. The zero-order valence-electron chi connectivity index (χ0n) is 22.6. The van der Waals surface area contributed by atoms with Gasteiger partial charge in [0, 0.05) is 25.6 Å². The summed E-state index contributed by atoms with van der Waals surface area (Å²) in [6, 6.07) is -2.80. The van der Waals surface area contributed by atoms with Gasteiger partial charge in [0.15, 0.2) is 18.4 Å². The van der Waals surface area contributed by atoms with Crippen LogP contribution in [-0.4, -0.2) is 148 Å². The lowest BCUT2D eigenvalue weighted by Gasteiger charge is -2.48. The van der Waals surface area contributed by atoms with Gasteiger partial charge in [-0.05, 0) is 25.3 Å². The molecule has 3 rings (SSSR count). The smallest absolute Gasteiger partial charge is 0.186 e. The van der Waals surface area contributed by atoms with Crippen molar-refractivity contribution in [2.24, 2.45) is 28.9 Å². The van der Waals surface area contributed by atoms with E-state index in [1.165, 1.54) is 0 Å². The fraction of sp³-hybridized carbons (Fsp3) is 0.958. The van der Waals surface area contributed by atoms with Crippen molar-refractivity contribution < 1.29 is 54.4 Å². The van der Waals surface area contributed by atoms with Gasteiger partial charge >= 0.3 is 0 Å². The minimum Gasteiger partial charge on any atom is -0.394 e. The van der Waals surface area contributed by atoms with E-state index in [1.807, 2.05) is 6.92 Å². The van der Waals surface area contributed by atoms with Crippen molar-refractivity contribution >= 4 is 5.78 Å². The van der Waals surface area contributed by atoms with Crippen LogP contribution in [0, 0.1) is 5.92 Å². The predicted octanol–water partition coefficient (Wildman–Crippen LogP) is -6.08. The molecule has 1 saturated carbocycles. The molecule has 0 unspecified atom stereocenters. The van der Waals surface area contributed by atoms with Gasteiger partial charge in [0.1, 0.15) is 36.6 Å². The molecule has 0 aromatic rings. The lowest BCUT2D eigenvalue weighted by atomic mass is 9.76. The Hall–Kier alpha value is -0.930. The average Bonchev–Trinajstić information content (AvgIpc) is 2.92. The average molecular weight is 582 g/mol. The quantitative estimate of drug-likeness (QED) is 0.102. The summed E-state index contributed by atoms with van der Waals surface area (Å²) in [7, 11) is 0. The van der Waals surface area contributed by atoms with E-state index in [9.17, 15) is 35.4 Å². The van der Waals surface area contributed by atoms with Crippen LogP contribution in [-0.2, 0) is 23.7 Å². The zero-order chi connectivity index (χ0) is 29.7. The second-order valence-electron chi connectivity index (χ2n) is 10.9. The maximum atomic E-state index is 12.6. The molecule has 0 aromatic heterocycles. The van der Waals surface area contributed by atoms with Crippen LogP contribution in [0.25, 0.3) is 0 Å². The largest absolute Gasteiger partial charge is 0.394 e. The molecule has 1 aliphatic carbocycles. The number of ether oxygens (including phenoxy) is 4. The van der Waals surface area contributed by atoms with Crippen LogP contribution in [0.5, 0.6) is 0 Å². The van der Waals surface area contributed by atoms with E-state index < -0.39 is 104 Å². The number of rotatable bonds is 12. The Labute approximate surface area is 232 Å². The molecule has 2 saturated heterocycles. The van der Waals surface area contributed by atoms with E-state index in [4.69, 9.17) is 41.9 Å². The highest BCUT2D eigenvalue weighted by atomic mass is 16.7. The Bertz CT molecular complexity index is 800. The molecule has 3 fully saturated rings. The summed E-state index contributed by atoms with van der Waals surface area (Å²) in [5.74, 6) is -1.36. The summed E-state index contributed by atoms with van der Waals surface area (Å²) in [4.78, 5) is 12.6. The van der Waals surface area contributed by atoms with Gasteiger partial charge in [-0.15, -0.1) is 0 Å². The molecule has 0 spiro atoms. The summed E-state index contributed by atoms with van der Waals surface area (Å²) in [6.45, 7) is 1.99. The van der Waals surface area contributed by atoms with Crippen LogP contribution < -0.4 is 28.3 Å². The van der Waals surface area contributed by atoms with Crippen molar-refractivity contribution in [1.29, 1.82) is 0 Å². The predicted molar refractivity (Wildman–Crippen MR) is 138 cm³/mol. The molecule has 0 bridgehead atoms. The number of aliphatic hydroxyl groups excluding tert-OH is 6. The molecular weight excluding hydrogens is 534 g/mol. The van der Waals surface area contributed by atoms with Crippen molar-refractivity contribution in [2.75, 3.05) is 26.2 Å². The number of carbonyl (C=O) groups is 1. The summed E-state index contributed by atoms with van der Waals surface area (Å²) in [5.41, 5.74) is 23.9. The number of hydrogen-bond donors (Lipinski definition) is 11. The molecule has 234 valence electrons. The highest BCUT2D eigenvalue weighted by Crippen LogP contribution is 2.36. The van der Waals surface area contributed by atoms with Crippen molar-refractivity contribution in [3.8, 4) is 0 Å². The van der Waals surface area contributed by atoms with Crippen LogP contribution >= 0.6 is 0 Å². The van der Waals surface area contributed by atoms with Gasteiger partial charge < -0.3 is 77.8 Å². The van der Waals surface area contributed by atoms with Gasteiger partial charge in [0.25, 0.3) is 0 Å². The molecule has 15 atom stereocenters. The third-order valence-electron chi connectivity index (χ3n) is 7.91. The number of likely N-dealkylation sites (N-methyl/N-ethyl adjacent to an activating group) is 1. The van der Waals surface area contributed by atoms with Crippen molar-refractivity contribution in [1.82, 2.24) is 5.32 Å². The topological polar surface area (TPSA) is 291 Å². The van der Waals surface area contributed by atoms with Crippen LogP contribution in [0.15, 0.2) is 0 Å². The number of nitrogens with one attached hydrogen (secondary N) is 1. The molecule has 15 N–H and O–H groups in total. The maximum absolute atomic E-state index is 12.6. The van der Waals surface area contributed by atoms with Crippen LogP contribution in [0.4, 0.5) is 0 Å². The first-order valence-electron chi connectivity index (χ1n) is 13.8. The Morgan fingerprint density at radius 1 is 0.950 bits per heavy atom. The Balaban J connectivity index is 1.82. The molecular formula is C24H47N5O11. The monoisotopic (exact) mass is 581 g/mol. The summed E-state index contributed by atoms with van der Waals surface area (Å²) >= 11 is 0. The lowest BCUT2D eigenvalue weighted by Crippen LogP contribution is -2.66. The summed E-state index contributed by atoms with van der Waals surface area (Å²) in [5, 5.41) is 65.3. The molecule has 16 heteroatoms. The number of aliphatic hydroxyl groups is 6. The second kappa shape index (κ2) is 15.0. The van der Waals surface area contributed by atoms with Crippen molar-refractivity contribution in [3.63, 3.8) is 0 Å². The van der Waals surface area contributed by atoms with Gasteiger partial charge in [-0.2, -0.15) is 0 Å². The number of carbonyl (C=O) groups excluding carboxylic acids is 1. The minimum atomic E-state index is -1.55. The molecule has 0 aromatic carbocycles. The van der Waals surface area contributed by atoms with Gasteiger partial charge in [-0.1, -0.05) is 6.92 Å². The third kappa shape index (κ3) is 7.71. The first kappa shape index (κ1) is 33.6. The fourth-order valence-electron chi connectivity index (χ4n) is 5.48. The minimum absolute atomic E-state index is 0.0851. The SMILES string of the molecule is CCNC[C@H]1O[C@H](O[C@H]2[C@H](O)[C@@H](O[C@H]3O[C@H](CO)[C@@H](O)[C@H](N)[C@H]3O)[C@H](CC(=O)[C@@H](O)CN)C[C@@H]2N)[C@H](N)C[C@@H]1O. The standard InChI is InChI=1S/C24H47N5O11/c1-2-29-7-15-13(32)5-11(27)23(37-15)40-22-10(26)3-9(4-12(31)14(33)6-25)21(20(22)36)39-24-19(35)17(28)18(34)16(8-30)38-24/h9-11,13-24,29-30,32-36H,2-8,25-28H2,1H3/t9-,10-,11+,13-,14-,15+,16+,17-,18+,19+,20+,21-,22+,23+,24+/m0/s1. The molecule has 0 amide bonds. The maximum Gasteiger partial charge on any atom is 0.186 e. The normalized spacial score (nSPS) is 45.3. The zero-order valence-corrected chi connectivity index (χ0v) is 22.6. The van der Waals surface area contributed by atoms with E-state index in [1.54, 1.807) is 0 Å². The number of nitrogens with two attached hydrogens (primary N) is 4. The van der Waals surface area contributed by atoms with E-state index >= 15 is 0 Å². The second-order valence-corrected chi connectivity index (χ2v) is 10.9. The summed E-state index contributed by atoms with van der Waals surface area (Å²) < 4.78 is 23.5. The van der Waals surface area contributed by atoms with E-state index in [0.29, 0.717) is 13.1 Å².